The maximum Gasteiger partial charge on any atom is 0.321 e. The van der Waals surface area contributed by atoms with Crippen LogP contribution >= 0.6 is 23.1 Å². The molecule has 0 aliphatic carbocycles. The van der Waals surface area contributed by atoms with Crippen LogP contribution in [0.15, 0.2) is 4.34 Å². The van der Waals surface area contributed by atoms with Crippen LogP contribution in [-0.2, 0) is 9.53 Å². The highest BCUT2D eigenvalue weighted by atomic mass is 32.2. The molecule has 1 rings (SSSR count). The van der Waals surface area contributed by atoms with E-state index in [-0.39, 0.29) is 22.8 Å². The second-order valence-electron chi connectivity index (χ2n) is 5.47. The zero-order chi connectivity index (χ0) is 16.8. The average molecular weight is 346 g/mol. The van der Waals surface area contributed by atoms with E-state index in [2.05, 4.69) is 20.8 Å². The third kappa shape index (κ3) is 6.61. The molecule has 0 aliphatic heterocycles. The van der Waals surface area contributed by atoms with E-state index >= 15 is 0 Å². The summed E-state index contributed by atoms with van der Waals surface area (Å²) in [6.07, 6.45) is 0.635. The summed E-state index contributed by atoms with van der Waals surface area (Å²) in [5.41, 5.74) is -0.330. The van der Waals surface area contributed by atoms with Gasteiger partial charge in [-0.3, -0.25) is 10.1 Å². The summed E-state index contributed by atoms with van der Waals surface area (Å²) in [7, 11) is 0. The van der Waals surface area contributed by atoms with Crippen LogP contribution in [0.5, 0.6) is 0 Å². The van der Waals surface area contributed by atoms with Gasteiger partial charge in [-0.05, 0) is 34.1 Å². The quantitative estimate of drug-likeness (QED) is 0.467. The maximum atomic E-state index is 11.8. The van der Waals surface area contributed by atoms with Gasteiger partial charge in [0, 0.05) is 5.54 Å². The van der Waals surface area contributed by atoms with Crippen molar-refractivity contribution in [2.75, 3.05) is 11.9 Å². The minimum absolute atomic E-state index is 0.259. The van der Waals surface area contributed by atoms with Gasteiger partial charge in [0.1, 0.15) is 5.25 Å². The van der Waals surface area contributed by atoms with Crippen LogP contribution < -0.4 is 10.6 Å². The number of carbonyl (C=O) groups is 2. The second kappa shape index (κ2) is 8.33. The van der Waals surface area contributed by atoms with E-state index in [1.54, 1.807) is 6.92 Å². The van der Waals surface area contributed by atoms with Crippen molar-refractivity contribution in [2.45, 2.75) is 56.2 Å². The molecule has 0 bridgehead atoms. The normalized spacial score (nSPS) is 12.6. The molecule has 0 saturated carbocycles. The van der Waals surface area contributed by atoms with Gasteiger partial charge in [0.2, 0.25) is 5.13 Å². The van der Waals surface area contributed by atoms with E-state index in [4.69, 9.17) is 4.74 Å². The number of nitrogens with one attached hydrogen (secondary N) is 2. The standard InChI is InChI=1S/C13H22N4O3S2/c1-6-8(9(18)20-7-2)21-12-17-16-11(22-12)14-10(19)15-13(3,4)5/h8H,6-7H2,1-5H3,(H2,14,15,16,19)/t8-/m1/s1. The minimum atomic E-state index is -0.336. The van der Waals surface area contributed by atoms with Crippen LogP contribution in [0, 0.1) is 0 Å². The number of hydrogen-bond acceptors (Lipinski definition) is 7. The number of hydrogen-bond donors (Lipinski definition) is 2. The number of aromatic nitrogens is 2. The monoisotopic (exact) mass is 346 g/mol. The van der Waals surface area contributed by atoms with Crippen LogP contribution in [0.3, 0.4) is 0 Å². The SMILES string of the molecule is CCOC(=O)[C@@H](CC)Sc1nnc(NC(=O)NC(C)(C)C)s1. The lowest BCUT2D eigenvalue weighted by atomic mass is 10.1. The van der Waals surface area contributed by atoms with E-state index < -0.39 is 0 Å². The number of carbonyl (C=O) groups excluding carboxylic acids is 2. The Morgan fingerprint density at radius 3 is 2.55 bits per heavy atom. The summed E-state index contributed by atoms with van der Waals surface area (Å²) in [6.45, 7) is 9.70. The lowest BCUT2D eigenvalue weighted by molar-refractivity contribution is -0.142. The third-order valence-electron chi connectivity index (χ3n) is 2.28. The van der Waals surface area contributed by atoms with Gasteiger partial charge in [0.25, 0.3) is 0 Å². The molecule has 0 unspecified atom stereocenters. The Hall–Kier alpha value is -1.35. The van der Waals surface area contributed by atoms with Crippen LogP contribution in [0.2, 0.25) is 0 Å². The van der Waals surface area contributed by atoms with Crippen molar-refractivity contribution < 1.29 is 14.3 Å². The Kier molecular flexibility index (Phi) is 7.08. The number of anilines is 1. The molecule has 124 valence electrons. The molecule has 1 aromatic rings. The summed E-state index contributed by atoms with van der Waals surface area (Å²) in [4.78, 5) is 23.5. The minimum Gasteiger partial charge on any atom is -0.465 e. The van der Waals surface area contributed by atoms with Crippen LogP contribution in [-0.4, -0.2) is 39.6 Å². The van der Waals surface area contributed by atoms with Crippen molar-refractivity contribution in [3.8, 4) is 0 Å². The first-order chi connectivity index (χ1) is 10.2. The molecular formula is C13H22N4O3S2. The smallest absolute Gasteiger partial charge is 0.321 e. The molecule has 2 amide bonds. The molecule has 0 aliphatic rings. The van der Waals surface area contributed by atoms with Crippen molar-refractivity contribution >= 4 is 40.2 Å². The molecule has 0 spiro atoms. The predicted molar refractivity (Wildman–Crippen MR) is 88.4 cm³/mol. The van der Waals surface area contributed by atoms with Crippen molar-refractivity contribution in [3.63, 3.8) is 0 Å². The molecule has 7 nitrogen and oxygen atoms in total. The topological polar surface area (TPSA) is 93.2 Å². The largest absolute Gasteiger partial charge is 0.465 e. The summed E-state index contributed by atoms with van der Waals surface area (Å²) < 4.78 is 5.63. The lowest BCUT2D eigenvalue weighted by Gasteiger charge is -2.19. The van der Waals surface area contributed by atoms with Gasteiger partial charge in [-0.2, -0.15) is 0 Å². The van der Waals surface area contributed by atoms with E-state index in [0.717, 1.165) is 0 Å². The van der Waals surface area contributed by atoms with Gasteiger partial charge in [0.05, 0.1) is 6.61 Å². The van der Waals surface area contributed by atoms with Crippen molar-refractivity contribution in [1.82, 2.24) is 15.5 Å². The Labute approximate surface area is 138 Å². The van der Waals surface area contributed by atoms with Gasteiger partial charge in [-0.15, -0.1) is 10.2 Å². The Morgan fingerprint density at radius 1 is 1.32 bits per heavy atom. The summed E-state index contributed by atoms with van der Waals surface area (Å²) >= 11 is 2.52. The lowest BCUT2D eigenvalue weighted by Crippen LogP contribution is -2.43. The van der Waals surface area contributed by atoms with E-state index in [1.807, 2.05) is 27.7 Å². The first-order valence-electron chi connectivity index (χ1n) is 7.01. The number of esters is 1. The fourth-order valence-corrected chi connectivity index (χ4v) is 3.34. The van der Waals surface area contributed by atoms with Gasteiger partial charge < -0.3 is 10.1 Å². The molecular weight excluding hydrogens is 324 g/mol. The van der Waals surface area contributed by atoms with Gasteiger partial charge in [0.15, 0.2) is 4.34 Å². The van der Waals surface area contributed by atoms with Gasteiger partial charge >= 0.3 is 12.0 Å². The molecule has 0 radical (unpaired) electrons. The zero-order valence-corrected chi connectivity index (χ0v) is 15.1. The van der Waals surface area contributed by atoms with Crippen molar-refractivity contribution in [3.05, 3.63) is 0 Å². The first-order valence-corrected chi connectivity index (χ1v) is 8.70. The number of nitrogens with zero attached hydrogens (tertiary/aromatic N) is 2. The van der Waals surface area contributed by atoms with Crippen LogP contribution in [0.4, 0.5) is 9.93 Å². The number of amides is 2. The third-order valence-corrected chi connectivity index (χ3v) is 4.54. The average Bonchev–Trinajstić information content (AvgIpc) is 2.81. The molecule has 0 fully saturated rings. The highest BCUT2D eigenvalue weighted by Gasteiger charge is 2.22. The fraction of sp³-hybridized carbons (Fsp3) is 0.692. The van der Waals surface area contributed by atoms with E-state index in [1.165, 1.54) is 23.1 Å². The highest BCUT2D eigenvalue weighted by Crippen LogP contribution is 2.30. The Balaban J connectivity index is 2.60. The molecule has 1 atom stereocenters. The molecule has 0 aromatic carbocycles. The number of thioether (sulfide) groups is 1. The number of rotatable bonds is 6. The summed E-state index contributed by atoms with van der Waals surface area (Å²) in [5.74, 6) is -0.259. The van der Waals surface area contributed by atoms with Crippen molar-refractivity contribution in [2.24, 2.45) is 0 Å². The van der Waals surface area contributed by atoms with Gasteiger partial charge in [-0.1, -0.05) is 30.0 Å². The molecule has 1 heterocycles. The van der Waals surface area contributed by atoms with Crippen LogP contribution in [0.1, 0.15) is 41.0 Å². The zero-order valence-electron chi connectivity index (χ0n) is 13.4. The molecule has 2 N–H and O–H groups in total. The Morgan fingerprint density at radius 2 is 2.00 bits per heavy atom. The van der Waals surface area contributed by atoms with E-state index in [0.29, 0.717) is 22.5 Å². The molecule has 1 aromatic heterocycles. The second-order valence-corrected chi connectivity index (χ2v) is 7.90. The van der Waals surface area contributed by atoms with Crippen LogP contribution in [0.25, 0.3) is 0 Å². The molecule has 22 heavy (non-hydrogen) atoms. The first kappa shape index (κ1) is 18.7. The molecule has 0 saturated heterocycles. The maximum absolute atomic E-state index is 11.8. The van der Waals surface area contributed by atoms with Crippen molar-refractivity contribution in [1.29, 1.82) is 0 Å². The summed E-state index contributed by atoms with van der Waals surface area (Å²) in [6, 6.07) is -0.336. The number of ether oxygens (including phenoxy) is 1. The Bertz CT molecular complexity index is 514. The number of urea groups is 1. The predicted octanol–water partition coefficient (Wildman–Crippen LogP) is 2.89. The molecule has 9 heteroatoms. The fourth-order valence-electron chi connectivity index (χ4n) is 1.43. The van der Waals surface area contributed by atoms with Gasteiger partial charge in [-0.25, -0.2) is 4.79 Å². The van der Waals surface area contributed by atoms with E-state index in [9.17, 15) is 9.59 Å². The summed E-state index contributed by atoms with van der Waals surface area (Å²) in [5, 5.41) is 13.4. The highest BCUT2D eigenvalue weighted by molar-refractivity contribution is 8.02.